The Bertz CT molecular complexity index is 626. The van der Waals surface area contributed by atoms with Crippen LogP contribution in [0, 0.1) is 0 Å². The normalized spacial score (nSPS) is 9.95. The molecule has 2 aromatic rings. The fourth-order valence-corrected chi connectivity index (χ4v) is 1.91. The van der Waals surface area contributed by atoms with Crippen LogP contribution in [0.15, 0.2) is 48.5 Å². The Kier molecular flexibility index (Phi) is 3.82. The standard InChI is InChI=1S/C14H10ClNO3/c15-11-8-4-7-10(12(11)14(18)19)13(17)16-9-5-2-1-3-6-9/h1-8H,(H,16,17)(H,18,19). The van der Waals surface area contributed by atoms with E-state index in [-0.39, 0.29) is 16.1 Å². The first-order valence-electron chi connectivity index (χ1n) is 5.48. The average molecular weight is 276 g/mol. The quantitative estimate of drug-likeness (QED) is 0.903. The van der Waals surface area contributed by atoms with Crippen molar-refractivity contribution < 1.29 is 14.7 Å². The van der Waals surface area contributed by atoms with Gasteiger partial charge in [-0.3, -0.25) is 4.79 Å². The molecular formula is C14H10ClNO3. The zero-order valence-corrected chi connectivity index (χ0v) is 10.5. The molecule has 0 spiro atoms. The van der Waals surface area contributed by atoms with Crippen molar-refractivity contribution in [2.75, 3.05) is 5.32 Å². The van der Waals surface area contributed by atoms with Crippen molar-refractivity contribution >= 4 is 29.2 Å². The van der Waals surface area contributed by atoms with Crippen LogP contribution in [0.1, 0.15) is 20.7 Å². The van der Waals surface area contributed by atoms with E-state index < -0.39 is 11.9 Å². The maximum atomic E-state index is 12.1. The Morgan fingerprint density at radius 1 is 1.00 bits per heavy atom. The van der Waals surface area contributed by atoms with Gasteiger partial charge in [0, 0.05) is 5.69 Å². The van der Waals surface area contributed by atoms with Crippen LogP contribution in [0.4, 0.5) is 5.69 Å². The molecule has 0 aromatic heterocycles. The summed E-state index contributed by atoms with van der Waals surface area (Å²) < 4.78 is 0. The van der Waals surface area contributed by atoms with Crippen molar-refractivity contribution in [1.29, 1.82) is 0 Å². The van der Waals surface area contributed by atoms with Crippen LogP contribution in [0.5, 0.6) is 0 Å². The van der Waals surface area contributed by atoms with Gasteiger partial charge in [-0.05, 0) is 24.3 Å². The van der Waals surface area contributed by atoms with Gasteiger partial charge in [0.05, 0.1) is 16.1 Å². The molecule has 0 bridgehead atoms. The number of carbonyl (C=O) groups is 2. The second kappa shape index (κ2) is 5.54. The fraction of sp³-hybridized carbons (Fsp3) is 0. The highest BCUT2D eigenvalue weighted by molar-refractivity contribution is 6.34. The maximum Gasteiger partial charge on any atom is 0.338 e. The van der Waals surface area contributed by atoms with Crippen molar-refractivity contribution in [3.8, 4) is 0 Å². The Hall–Kier alpha value is -2.33. The molecule has 0 aliphatic rings. The third kappa shape index (κ3) is 2.92. The van der Waals surface area contributed by atoms with Crippen molar-refractivity contribution in [2.24, 2.45) is 0 Å². The lowest BCUT2D eigenvalue weighted by atomic mass is 10.1. The summed E-state index contributed by atoms with van der Waals surface area (Å²) in [5.41, 5.74) is 0.422. The van der Waals surface area contributed by atoms with Gasteiger partial charge < -0.3 is 10.4 Å². The molecule has 0 saturated heterocycles. The van der Waals surface area contributed by atoms with Crippen molar-refractivity contribution in [3.63, 3.8) is 0 Å². The molecule has 0 heterocycles. The highest BCUT2D eigenvalue weighted by Crippen LogP contribution is 2.21. The van der Waals surface area contributed by atoms with E-state index in [1.165, 1.54) is 18.2 Å². The first kappa shape index (κ1) is 13.1. The number of hydrogen-bond donors (Lipinski definition) is 2. The van der Waals surface area contributed by atoms with Gasteiger partial charge in [-0.25, -0.2) is 4.79 Å². The molecule has 0 unspecified atom stereocenters. The van der Waals surface area contributed by atoms with Crippen molar-refractivity contribution in [2.45, 2.75) is 0 Å². The van der Waals surface area contributed by atoms with Gasteiger partial charge in [-0.2, -0.15) is 0 Å². The molecule has 4 nitrogen and oxygen atoms in total. The van der Waals surface area contributed by atoms with Crippen LogP contribution in [0.3, 0.4) is 0 Å². The van der Waals surface area contributed by atoms with E-state index in [1.54, 1.807) is 24.3 Å². The van der Waals surface area contributed by atoms with Crippen LogP contribution in [0.25, 0.3) is 0 Å². The minimum absolute atomic E-state index is 0.0313. The van der Waals surface area contributed by atoms with E-state index in [2.05, 4.69) is 5.32 Å². The first-order chi connectivity index (χ1) is 9.09. The van der Waals surface area contributed by atoms with Gasteiger partial charge in [-0.1, -0.05) is 35.9 Å². The molecule has 5 heteroatoms. The van der Waals surface area contributed by atoms with Gasteiger partial charge in [0.1, 0.15) is 0 Å². The maximum absolute atomic E-state index is 12.1. The predicted octanol–water partition coefficient (Wildman–Crippen LogP) is 3.29. The number of para-hydroxylation sites is 1. The topological polar surface area (TPSA) is 66.4 Å². The molecule has 0 saturated carbocycles. The summed E-state index contributed by atoms with van der Waals surface area (Å²) in [7, 11) is 0. The van der Waals surface area contributed by atoms with E-state index in [0.717, 1.165) is 0 Å². The number of anilines is 1. The monoisotopic (exact) mass is 275 g/mol. The molecule has 1 amide bonds. The first-order valence-corrected chi connectivity index (χ1v) is 5.85. The van der Waals surface area contributed by atoms with Crippen molar-refractivity contribution in [3.05, 3.63) is 64.7 Å². The SMILES string of the molecule is O=C(Nc1ccccc1)c1cccc(Cl)c1C(=O)O. The Morgan fingerprint density at radius 2 is 1.68 bits per heavy atom. The number of amides is 1. The summed E-state index contributed by atoms with van der Waals surface area (Å²) in [6.07, 6.45) is 0. The average Bonchev–Trinajstić information content (AvgIpc) is 2.39. The molecule has 2 N–H and O–H groups in total. The molecule has 0 radical (unpaired) electrons. The summed E-state index contributed by atoms with van der Waals surface area (Å²) in [5.74, 6) is -1.74. The van der Waals surface area contributed by atoms with Crippen LogP contribution in [-0.4, -0.2) is 17.0 Å². The lowest BCUT2D eigenvalue weighted by molar-refractivity contribution is 0.0692. The smallest absolute Gasteiger partial charge is 0.338 e. The molecule has 0 aliphatic heterocycles. The Balaban J connectivity index is 2.35. The zero-order chi connectivity index (χ0) is 13.8. The summed E-state index contributed by atoms with van der Waals surface area (Å²) in [6.45, 7) is 0. The van der Waals surface area contributed by atoms with Gasteiger partial charge in [0.15, 0.2) is 0 Å². The second-order valence-corrected chi connectivity index (χ2v) is 4.19. The highest BCUT2D eigenvalue weighted by Gasteiger charge is 2.19. The molecule has 2 rings (SSSR count). The summed E-state index contributed by atoms with van der Waals surface area (Å²) in [6, 6.07) is 13.2. The van der Waals surface area contributed by atoms with Crippen LogP contribution < -0.4 is 5.32 Å². The summed E-state index contributed by atoms with van der Waals surface area (Å²) >= 11 is 5.81. The molecule has 0 atom stereocenters. The van der Waals surface area contributed by atoms with E-state index >= 15 is 0 Å². The van der Waals surface area contributed by atoms with Crippen LogP contribution in [-0.2, 0) is 0 Å². The highest BCUT2D eigenvalue weighted by atomic mass is 35.5. The molecule has 2 aromatic carbocycles. The predicted molar refractivity (Wildman–Crippen MR) is 72.8 cm³/mol. The van der Waals surface area contributed by atoms with E-state index in [0.29, 0.717) is 5.69 Å². The summed E-state index contributed by atoms with van der Waals surface area (Å²) in [4.78, 5) is 23.2. The minimum Gasteiger partial charge on any atom is -0.478 e. The number of carboxylic acids is 1. The van der Waals surface area contributed by atoms with Gasteiger partial charge in [0.25, 0.3) is 5.91 Å². The third-order valence-electron chi connectivity index (χ3n) is 2.50. The number of benzene rings is 2. The number of aromatic carboxylic acids is 1. The number of carbonyl (C=O) groups excluding carboxylic acids is 1. The molecule has 19 heavy (non-hydrogen) atoms. The molecular weight excluding hydrogens is 266 g/mol. The molecule has 0 aliphatic carbocycles. The van der Waals surface area contributed by atoms with Crippen LogP contribution >= 0.6 is 11.6 Å². The van der Waals surface area contributed by atoms with E-state index in [9.17, 15) is 9.59 Å². The Morgan fingerprint density at radius 3 is 2.32 bits per heavy atom. The lowest BCUT2D eigenvalue weighted by Gasteiger charge is -2.08. The van der Waals surface area contributed by atoms with Crippen molar-refractivity contribution in [1.82, 2.24) is 0 Å². The number of hydrogen-bond acceptors (Lipinski definition) is 2. The van der Waals surface area contributed by atoms with Gasteiger partial charge in [-0.15, -0.1) is 0 Å². The van der Waals surface area contributed by atoms with Gasteiger partial charge >= 0.3 is 5.97 Å². The third-order valence-corrected chi connectivity index (χ3v) is 2.82. The zero-order valence-electron chi connectivity index (χ0n) is 9.76. The fourth-order valence-electron chi connectivity index (χ4n) is 1.65. The molecule has 96 valence electrons. The Labute approximate surface area is 114 Å². The van der Waals surface area contributed by atoms with E-state index in [1.807, 2.05) is 6.07 Å². The van der Waals surface area contributed by atoms with E-state index in [4.69, 9.17) is 16.7 Å². The largest absolute Gasteiger partial charge is 0.478 e. The number of carboxylic acid groups (broad SMARTS) is 1. The van der Waals surface area contributed by atoms with Crippen LogP contribution in [0.2, 0.25) is 5.02 Å². The second-order valence-electron chi connectivity index (χ2n) is 3.79. The summed E-state index contributed by atoms with van der Waals surface area (Å²) in [5, 5.41) is 11.8. The lowest BCUT2D eigenvalue weighted by Crippen LogP contribution is -2.16. The molecule has 0 fully saturated rings. The number of nitrogens with one attached hydrogen (secondary N) is 1. The number of halogens is 1. The minimum atomic E-state index is -1.23. The number of rotatable bonds is 3. The van der Waals surface area contributed by atoms with Gasteiger partial charge in [0.2, 0.25) is 0 Å².